The number of methoxy groups -OCH3 is 1. The van der Waals surface area contributed by atoms with E-state index in [1.165, 1.54) is 6.26 Å². The van der Waals surface area contributed by atoms with E-state index in [-0.39, 0.29) is 18.6 Å². The molecule has 0 saturated heterocycles. The van der Waals surface area contributed by atoms with Crippen molar-refractivity contribution in [2.45, 2.75) is 26.5 Å². The fourth-order valence-corrected chi connectivity index (χ4v) is 3.48. The van der Waals surface area contributed by atoms with Gasteiger partial charge in [0.1, 0.15) is 12.9 Å². The average Bonchev–Trinajstić information content (AvgIpc) is 3.53. The molecule has 5 rings (SSSR count). The number of benzene rings is 1. The number of ether oxygens (including phenoxy) is 2. The van der Waals surface area contributed by atoms with Gasteiger partial charge in [0.15, 0.2) is 17.1 Å². The molecule has 3 aromatic heterocycles. The predicted molar refractivity (Wildman–Crippen MR) is 130 cm³/mol. The van der Waals surface area contributed by atoms with Crippen LogP contribution in [0.4, 0.5) is 0 Å². The fraction of sp³-hybridized carbons (Fsp3) is 0.208. The number of carbonyl (C=O) groups excluding carboxylic acids is 1. The van der Waals surface area contributed by atoms with Gasteiger partial charge >= 0.3 is 0 Å². The second-order valence-electron chi connectivity index (χ2n) is 8.24. The lowest BCUT2D eigenvalue weighted by Crippen LogP contribution is -2.42. The van der Waals surface area contributed by atoms with Crippen LogP contribution < -0.4 is 20.9 Å². The molecular formula is C24H24N8O4. The molecule has 1 aromatic carbocycles. The van der Waals surface area contributed by atoms with Crippen LogP contribution in [0, 0.1) is 0 Å². The number of rotatable bonds is 8. The summed E-state index contributed by atoms with van der Waals surface area (Å²) in [5.41, 5.74) is 7.66. The van der Waals surface area contributed by atoms with Crippen LogP contribution >= 0.6 is 0 Å². The van der Waals surface area contributed by atoms with E-state index in [1.807, 2.05) is 38.1 Å². The Kier molecular flexibility index (Phi) is 6.43. The zero-order valence-electron chi connectivity index (χ0n) is 19.8. The maximum Gasteiger partial charge on any atom is 0.266 e. The molecule has 0 atom stereocenters. The van der Waals surface area contributed by atoms with Crippen LogP contribution in [0.5, 0.6) is 5.88 Å². The molecule has 0 fully saturated rings. The van der Waals surface area contributed by atoms with Crippen molar-refractivity contribution in [3.05, 3.63) is 72.0 Å². The summed E-state index contributed by atoms with van der Waals surface area (Å²) >= 11 is 0. The highest BCUT2D eigenvalue weighted by molar-refractivity contribution is 5.97. The Morgan fingerprint density at radius 3 is 2.81 bits per heavy atom. The highest BCUT2D eigenvalue weighted by Gasteiger charge is 2.19. The molecule has 0 radical (unpaired) electrons. The van der Waals surface area contributed by atoms with Crippen molar-refractivity contribution in [1.29, 1.82) is 0 Å². The van der Waals surface area contributed by atoms with Gasteiger partial charge in [0.2, 0.25) is 11.7 Å². The zero-order chi connectivity index (χ0) is 25.1. The highest BCUT2D eigenvalue weighted by Crippen LogP contribution is 2.29. The van der Waals surface area contributed by atoms with Crippen LogP contribution in [0.3, 0.4) is 0 Å². The molecule has 0 bridgehead atoms. The average molecular weight is 489 g/mol. The van der Waals surface area contributed by atoms with E-state index in [4.69, 9.17) is 14.0 Å². The second kappa shape index (κ2) is 9.98. The van der Waals surface area contributed by atoms with Gasteiger partial charge in [0, 0.05) is 36.2 Å². The number of aromatic nitrogens is 5. The number of nitrogens with one attached hydrogen (secondary N) is 3. The summed E-state index contributed by atoms with van der Waals surface area (Å²) in [7, 11) is 1.58. The number of nitrogens with zero attached hydrogens (tertiary/aromatic N) is 5. The number of dihydropyridines is 1. The lowest BCUT2D eigenvalue weighted by atomic mass is 10.2. The normalized spacial score (nSPS) is 14.4. The number of carbonyl (C=O) groups is 1. The summed E-state index contributed by atoms with van der Waals surface area (Å²) in [5.74, 6) is 1.06. The lowest BCUT2D eigenvalue weighted by Gasteiger charge is -2.14. The third kappa shape index (κ3) is 4.67. The Morgan fingerprint density at radius 1 is 1.22 bits per heavy atom. The number of fused-ring (bicyclic) bond motifs is 3. The number of allylic oxidation sites excluding steroid dienone is 1. The second-order valence-corrected chi connectivity index (χ2v) is 8.24. The van der Waals surface area contributed by atoms with Gasteiger partial charge in [0.05, 0.1) is 11.3 Å². The largest absolute Gasteiger partial charge is 0.443 e. The smallest absolute Gasteiger partial charge is 0.266 e. The first-order valence-electron chi connectivity index (χ1n) is 11.2. The van der Waals surface area contributed by atoms with Crippen LogP contribution in [0.15, 0.2) is 70.7 Å². The van der Waals surface area contributed by atoms with Gasteiger partial charge in [-0.2, -0.15) is 4.52 Å². The van der Waals surface area contributed by atoms with Crippen molar-refractivity contribution < 1.29 is 18.8 Å². The first-order valence-corrected chi connectivity index (χ1v) is 11.2. The summed E-state index contributed by atoms with van der Waals surface area (Å²) in [6.45, 7) is 4.16. The number of hydrogen-bond donors (Lipinski definition) is 3. The minimum absolute atomic E-state index is 0.126. The minimum Gasteiger partial charge on any atom is -0.443 e. The van der Waals surface area contributed by atoms with Crippen LogP contribution in [0.1, 0.15) is 19.6 Å². The Bertz CT molecular complexity index is 1520. The quantitative estimate of drug-likeness (QED) is 0.250. The van der Waals surface area contributed by atoms with Crippen molar-refractivity contribution in [3.8, 4) is 17.4 Å². The van der Waals surface area contributed by atoms with Crippen LogP contribution in [0.25, 0.3) is 27.9 Å². The maximum absolute atomic E-state index is 12.2. The predicted octanol–water partition coefficient (Wildman–Crippen LogP) is 2.37. The fourth-order valence-electron chi connectivity index (χ4n) is 3.48. The minimum atomic E-state index is -0.243. The highest BCUT2D eigenvalue weighted by atomic mass is 16.5. The first-order chi connectivity index (χ1) is 17.5. The van der Waals surface area contributed by atoms with Crippen LogP contribution in [-0.4, -0.2) is 44.0 Å². The van der Waals surface area contributed by atoms with E-state index in [9.17, 15) is 4.79 Å². The molecule has 1 amide bonds. The standard InChI is InChI=1S/C24H24N8O4/c1-14(2)26-29-23(33)15-8-9-16(25-11-15)12-35-24-19-7-5-4-6-18(19)21-27-28-22(32(21)30-24)20-10-17(13-34-3)36-31-20/h4-12,14,25-26H,13H2,1-3H3,(H,29,33). The van der Waals surface area contributed by atoms with Gasteiger partial charge in [-0.15, -0.1) is 15.3 Å². The zero-order valence-corrected chi connectivity index (χ0v) is 19.8. The van der Waals surface area contributed by atoms with E-state index in [0.717, 1.165) is 10.8 Å². The van der Waals surface area contributed by atoms with Gasteiger partial charge in [-0.25, -0.2) is 5.43 Å². The van der Waals surface area contributed by atoms with Crippen LogP contribution in [0.2, 0.25) is 0 Å². The maximum atomic E-state index is 12.2. The Balaban J connectivity index is 1.43. The Morgan fingerprint density at radius 2 is 2.06 bits per heavy atom. The topological polar surface area (TPSA) is 141 Å². The third-order valence-electron chi connectivity index (χ3n) is 5.18. The summed E-state index contributed by atoms with van der Waals surface area (Å²) in [6, 6.07) is 9.47. The van der Waals surface area contributed by atoms with Gasteiger partial charge in [0.25, 0.3) is 5.91 Å². The number of amides is 1. The lowest BCUT2D eigenvalue weighted by molar-refractivity contribution is -0.118. The van der Waals surface area contributed by atoms with Crippen molar-refractivity contribution >= 4 is 22.3 Å². The molecule has 184 valence electrons. The molecule has 36 heavy (non-hydrogen) atoms. The third-order valence-corrected chi connectivity index (χ3v) is 5.18. The Hall–Kier alpha value is -4.55. The molecule has 1 aliphatic rings. The molecule has 0 aliphatic carbocycles. The molecule has 1 aliphatic heterocycles. The van der Waals surface area contributed by atoms with E-state index in [2.05, 4.69) is 36.6 Å². The van der Waals surface area contributed by atoms with Crippen molar-refractivity contribution in [2.24, 2.45) is 0 Å². The molecule has 0 spiro atoms. The van der Waals surface area contributed by atoms with Crippen molar-refractivity contribution in [3.63, 3.8) is 0 Å². The van der Waals surface area contributed by atoms with Gasteiger partial charge in [-0.3, -0.25) is 10.2 Å². The summed E-state index contributed by atoms with van der Waals surface area (Å²) < 4.78 is 17.9. The van der Waals surface area contributed by atoms with E-state index in [1.54, 1.807) is 36.0 Å². The van der Waals surface area contributed by atoms with Gasteiger partial charge in [-0.1, -0.05) is 23.4 Å². The Labute approximate surface area is 205 Å². The molecule has 0 unspecified atom stereocenters. The summed E-state index contributed by atoms with van der Waals surface area (Å²) in [6.07, 6.45) is 6.55. The van der Waals surface area contributed by atoms with Crippen molar-refractivity contribution in [1.82, 2.24) is 41.1 Å². The van der Waals surface area contributed by atoms with Crippen molar-refractivity contribution in [2.75, 3.05) is 7.11 Å². The number of hydrogen-bond acceptors (Lipinski definition) is 10. The van der Waals surface area contributed by atoms with Gasteiger partial charge in [-0.05, 0) is 32.1 Å². The van der Waals surface area contributed by atoms with E-state index >= 15 is 0 Å². The molecule has 12 heteroatoms. The summed E-state index contributed by atoms with van der Waals surface area (Å²) in [5, 5.41) is 21.9. The monoisotopic (exact) mass is 488 g/mol. The molecule has 4 aromatic rings. The molecule has 0 saturated carbocycles. The molecule has 12 nitrogen and oxygen atoms in total. The molecule has 4 heterocycles. The van der Waals surface area contributed by atoms with Gasteiger partial charge < -0.3 is 19.3 Å². The SMILES string of the molecule is COCc1cc(-c2nnc3c4ccccc4c(OC=C4C=CC(C(=O)NNC(C)C)=CN4)nn23)no1. The van der Waals surface area contributed by atoms with E-state index in [0.29, 0.717) is 40.1 Å². The number of hydrazine groups is 1. The van der Waals surface area contributed by atoms with Crippen LogP contribution in [-0.2, 0) is 16.1 Å². The first kappa shape index (κ1) is 23.2. The van der Waals surface area contributed by atoms with E-state index < -0.39 is 0 Å². The molecule has 3 N–H and O–H groups in total. The summed E-state index contributed by atoms with van der Waals surface area (Å²) in [4.78, 5) is 12.2. The molecular weight excluding hydrogens is 464 g/mol.